The van der Waals surface area contributed by atoms with Gasteiger partial charge in [-0.1, -0.05) is 39.8 Å². The third-order valence-corrected chi connectivity index (χ3v) is 14.1. The number of fused-ring (bicyclic) bond motifs is 1. The number of imide groups is 1. The monoisotopic (exact) mass is 924 g/mol. The normalized spacial score (nSPS) is 30.9. The predicted octanol–water partition coefficient (Wildman–Crippen LogP) is 3.21. The minimum Gasteiger partial charge on any atom is -0.459 e. The number of hydrogen-bond acceptors (Lipinski definition) is 16. The van der Waals surface area contributed by atoms with E-state index < -0.39 is 103 Å². The third kappa shape index (κ3) is 13.1. The minimum atomic E-state index is -1.73. The van der Waals surface area contributed by atoms with Crippen molar-refractivity contribution in [2.45, 2.75) is 179 Å². The molecule has 17 nitrogen and oxygen atoms in total. The van der Waals surface area contributed by atoms with Gasteiger partial charge in [0.25, 0.3) is 11.8 Å². The Labute approximate surface area is 386 Å². The molecule has 3 aliphatic heterocycles. The van der Waals surface area contributed by atoms with Gasteiger partial charge in [-0.25, -0.2) is 0 Å². The zero-order chi connectivity index (χ0) is 48.8. The standard InChI is InChI=1S/C48H81N3O14/c1-14-36(47(9,59)27-52)63-44(57)31(6)39(64-37-25-48(10,60-13)40(54)32(7)62-37)30(5)41(46(8,58)24-28(3)26-49(11)15-2)65-45-38(53)35(23-29(4)61-45)50(12)21-18-22-51-42(55)33-19-16-17-20-34(33)43(51)56/h16-17,19-20,28-32,35-41,45,52-54,58-59H,14-15,18,21-27H2,1-13H3/t28-,29-,30+,31-,32+,35+,36-,37+,38-,39+,40+,41-,45+,46-,47+,48-/m1/s1. The van der Waals surface area contributed by atoms with Crippen LogP contribution in [0, 0.1) is 17.8 Å². The molecular weight excluding hydrogens is 843 g/mol. The van der Waals surface area contributed by atoms with E-state index in [0.29, 0.717) is 37.1 Å². The van der Waals surface area contributed by atoms with Crippen LogP contribution >= 0.6 is 0 Å². The summed E-state index contributed by atoms with van der Waals surface area (Å²) in [4.78, 5) is 45.7. The van der Waals surface area contributed by atoms with E-state index in [0.717, 1.165) is 6.54 Å². The van der Waals surface area contributed by atoms with Gasteiger partial charge in [-0.05, 0) is 112 Å². The first-order valence-corrected chi connectivity index (χ1v) is 23.5. The van der Waals surface area contributed by atoms with Gasteiger partial charge in [-0.3, -0.25) is 19.3 Å². The number of amides is 2. The number of esters is 1. The van der Waals surface area contributed by atoms with Gasteiger partial charge in [0.05, 0.1) is 59.3 Å². The van der Waals surface area contributed by atoms with E-state index in [-0.39, 0.29) is 43.5 Å². The number of ether oxygens (including phenoxy) is 6. The number of methoxy groups -OCH3 is 1. The van der Waals surface area contributed by atoms with Crippen molar-refractivity contribution in [1.82, 2.24) is 14.7 Å². The number of rotatable bonds is 24. The van der Waals surface area contributed by atoms with Gasteiger partial charge in [-0.15, -0.1) is 0 Å². The van der Waals surface area contributed by atoms with E-state index in [1.165, 1.54) is 18.9 Å². The molecule has 2 amide bonds. The Morgan fingerprint density at radius 3 is 2.17 bits per heavy atom. The van der Waals surface area contributed by atoms with Gasteiger partial charge in [0, 0.05) is 38.6 Å². The fourth-order valence-electron chi connectivity index (χ4n) is 9.97. The summed E-state index contributed by atoms with van der Waals surface area (Å²) < 4.78 is 37.8. The van der Waals surface area contributed by atoms with Crippen molar-refractivity contribution < 1.29 is 68.3 Å². The van der Waals surface area contributed by atoms with E-state index in [1.807, 2.05) is 39.8 Å². The number of carbonyl (C=O) groups is 3. The second-order valence-electron chi connectivity index (χ2n) is 19.9. The molecule has 372 valence electrons. The molecule has 1 aromatic rings. The van der Waals surface area contributed by atoms with Crippen LogP contribution in [0.4, 0.5) is 0 Å². The lowest BCUT2D eigenvalue weighted by atomic mass is 9.77. The molecule has 0 radical (unpaired) electrons. The summed E-state index contributed by atoms with van der Waals surface area (Å²) in [5.41, 5.74) is -3.64. The van der Waals surface area contributed by atoms with Crippen LogP contribution in [0.1, 0.15) is 122 Å². The molecule has 2 fully saturated rings. The first kappa shape index (κ1) is 55.0. The molecule has 17 heteroatoms. The number of likely N-dealkylation sites (N-methyl/N-ethyl adjacent to an activating group) is 1. The molecule has 0 aliphatic carbocycles. The topological polar surface area (TPSA) is 217 Å². The largest absolute Gasteiger partial charge is 0.459 e. The number of aliphatic hydroxyl groups is 5. The van der Waals surface area contributed by atoms with Crippen LogP contribution in [-0.4, -0.2) is 190 Å². The van der Waals surface area contributed by atoms with Crippen LogP contribution in [0.3, 0.4) is 0 Å². The summed E-state index contributed by atoms with van der Waals surface area (Å²) in [5.74, 6) is -3.34. The van der Waals surface area contributed by atoms with E-state index in [4.69, 9.17) is 28.4 Å². The molecule has 5 N–H and O–H groups in total. The predicted molar refractivity (Wildman–Crippen MR) is 242 cm³/mol. The highest BCUT2D eigenvalue weighted by molar-refractivity contribution is 6.21. The lowest BCUT2D eigenvalue weighted by Gasteiger charge is -2.49. The molecule has 3 heterocycles. The second-order valence-corrected chi connectivity index (χ2v) is 19.9. The molecular formula is C48H81N3O14. The minimum absolute atomic E-state index is 0.0374. The molecule has 3 aliphatic rings. The number of benzene rings is 1. The highest BCUT2D eigenvalue weighted by Gasteiger charge is 2.52. The highest BCUT2D eigenvalue weighted by atomic mass is 16.7. The maximum absolute atomic E-state index is 14.2. The average molecular weight is 924 g/mol. The number of aliphatic hydroxyl groups excluding tert-OH is 3. The molecule has 2 saturated heterocycles. The van der Waals surface area contributed by atoms with Crippen molar-refractivity contribution in [3.63, 3.8) is 0 Å². The van der Waals surface area contributed by atoms with Gasteiger partial charge in [0.2, 0.25) is 0 Å². The Kier molecular flexibility index (Phi) is 19.5. The molecule has 0 unspecified atom stereocenters. The van der Waals surface area contributed by atoms with Crippen LogP contribution in [0.5, 0.6) is 0 Å². The van der Waals surface area contributed by atoms with Crippen molar-refractivity contribution in [3.8, 4) is 0 Å². The molecule has 0 bridgehead atoms. The molecule has 16 atom stereocenters. The number of nitrogens with zero attached hydrogens (tertiary/aromatic N) is 3. The van der Waals surface area contributed by atoms with E-state index in [2.05, 4.69) is 4.90 Å². The molecule has 65 heavy (non-hydrogen) atoms. The Hall–Kier alpha value is -2.65. The first-order valence-electron chi connectivity index (χ1n) is 23.5. The van der Waals surface area contributed by atoms with Gasteiger partial charge in [0.15, 0.2) is 12.6 Å². The molecule has 0 spiro atoms. The summed E-state index contributed by atoms with van der Waals surface area (Å²) >= 11 is 0. The Bertz CT molecular complexity index is 1680. The van der Waals surface area contributed by atoms with Crippen LogP contribution < -0.4 is 0 Å². The number of hydrogen-bond donors (Lipinski definition) is 5. The van der Waals surface area contributed by atoms with Gasteiger partial charge in [-0.2, -0.15) is 0 Å². The maximum atomic E-state index is 14.2. The van der Waals surface area contributed by atoms with Crippen molar-refractivity contribution in [1.29, 1.82) is 0 Å². The molecule has 0 aromatic heterocycles. The van der Waals surface area contributed by atoms with Crippen LogP contribution in [0.25, 0.3) is 0 Å². The Balaban J connectivity index is 1.67. The fraction of sp³-hybridized carbons (Fsp3) is 0.812. The van der Waals surface area contributed by atoms with Crippen molar-refractivity contribution >= 4 is 17.8 Å². The van der Waals surface area contributed by atoms with E-state index >= 15 is 0 Å². The van der Waals surface area contributed by atoms with E-state index in [1.54, 1.807) is 65.8 Å². The van der Waals surface area contributed by atoms with E-state index in [9.17, 15) is 39.9 Å². The molecule has 4 rings (SSSR count). The van der Waals surface area contributed by atoms with Gasteiger partial charge in [0.1, 0.15) is 23.9 Å². The zero-order valence-electron chi connectivity index (χ0n) is 41.1. The lowest BCUT2D eigenvalue weighted by Crippen LogP contribution is -2.61. The summed E-state index contributed by atoms with van der Waals surface area (Å²) in [6.07, 6.45) is -7.45. The summed E-state index contributed by atoms with van der Waals surface area (Å²) in [5, 5.41) is 56.7. The molecule has 0 saturated carbocycles. The Morgan fingerprint density at radius 1 is 1.00 bits per heavy atom. The van der Waals surface area contributed by atoms with Crippen LogP contribution in [-0.2, 0) is 33.2 Å². The first-order chi connectivity index (χ1) is 30.4. The second kappa shape index (κ2) is 23.1. The van der Waals surface area contributed by atoms with Crippen LogP contribution in [0.2, 0.25) is 0 Å². The average Bonchev–Trinajstić information content (AvgIpc) is 3.50. The smallest absolute Gasteiger partial charge is 0.311 e. The summed E-state index contributed by atoms with van der Waals surface area (Å²) in [7, 11) is 5.35. The van der Waals surface area contributed by atoms with Gasteiger partial charge >= 0.3 is 5.97 Å². The fourth-order valence-corrected chi connectivity index (χ4v) is 9.97. The third-order valence-electron chi connectivity index (χ3n) is 14.1. The summed E-state index contributed by atoms with van der Waals surface area (Å²) in [6.45, 7) is 19.0. The van der Waals surface area contributed by atoms with Crippen molar-refractivity contribution in [2.75, 3.05) is 54.0 Å². The maximum Gasteiger partial charge on any atom is 0.311 e. The van der Waals surface area contributed by atoms with Crippen LogP contribution in [0.15, 0.2) is 24.3 Å². The lowest BCUT2D eigenvalue weighted by molar-refractivity contribution is -0.318. The van der Waals surface area contributed by atoms with Crippen molar-refractivity contribution in [2.24, 2.45) is 17.8 Å². The SMILES string of the molecule is CC[C@@H](OC(=O)[C@H](C)[C@@H](O[C@H]1C[C@@](C)(OC)[C@@H](O)[C@H](C)O1)[C@H](C)[C@@H](O[C@@H]1O[C@H](C)C[C@H](N(C)CCCN2C(=O)c3ccccc3C2=O)[C@H]1O)[C@](C)(O)C[C@@H](C)CN(C)CC)[C@@](C)(O)CO. The zero-order valence-corrected chi connectivity index (χ0v) is 41.1. The van der Waals surface area contributed by atoms with Crippen molar-refractivity contribution in [3.05, 3.63) is 35.4 Å². The summed E-state index contributed by atoms with van der Waals surface area (Å²) in [6, 6.07) is 6.28. The quantitative estimate of drug-likeness (QED) is 0.0743. The Morgan fingerprint density at radius 2 is 1.62 bits per heavy atom. The number of carbonyl (C=O) groups excluding carboxylic acids is 3. The molecule has 1 aromatic carbocycles. The van der Waals surface area contributed by atoms with Gasteiger partial charge < -0.3 is 63.8 Å². The highest BCUT2D eigenvalue weighted by Crippen LogP contribution is 2.40.